The van der Waals surface area contributed by atoms with Crippen molar-refractivity contribution in [2.45, 2.75) is 39.2 Å². The molecule has 0 aromatic carbocycles. The van der Waals surface area contributed by atoms with Crippen LogP contribution < -0.4 is 10.6 Å². The van der Waals surface area contributed by atoms with Gasteiger partial charge in [-0.15, -0.1) is 11.8 Å². The zero-order valence-electron chi connectivity index (χ0n) is 8.68. The normalized spacial score (nSPS) is 28.9. The highest BCUT2D eigenvalue weighted by Crippen LogP contribution is 2.29. The predicted molar refractivity (Wildman–Crippen MR) is 56.4 cm³/mol. The molecule has 2 unspecified atom stereocenters. The van der Waals surface area contributed by atoms with Crippen molar-refractivity contribution in [3.8, 4) is 0 Å². The van der Waals surface area contributed by atoms with Crippen LogP contribution in [-0.2, 0) is 4.79 Å². The number of nitrogens with one attached hydrogen (secondary N) is 2. The Kier molecular flexibility index (Phi) is 3.24. The first-order valence-electron chi connectivity index (χ1n) is 4.54. The molecule has 1 aliphatic rings. The summed E-state index contributed by atoms with van der Waals surface area (Å²) >= 11 is 1.76. The molecular formula is C9H18N2OS. The van der Waals surface area contributed by atoms with Crippen LogP contribution in [0.3, 0.4) is 0 Å². The number of carbonyl (C=O) groups excluding carboxylic acids is 1. The molecule has 2 atom stereocenters. The summed E-state index contributed by atoms with van der Waals surface area (Å²) in [6.45, 7) is 8.18. The van der Waals surface area contributed by atoms with Crippen LogP contribution in [0, 0.1) is 5.41 Å². The minimum absolute atomic E-state index is 0.0274. The summed E-state index contributed by atoms with van der Waals surface area (Å²) in [5.41, 5.74) is 0.363. The molecule has 2 N–H and O–H groups in total. The number of thioether (sulfide) groups is 1. The third-order valence-electron chi connectivity index (χ3n) is 2.16. The van der Waals surface area contributed by atoms with Crippen LogP contribution in [0.15, 0.2) is 0 Å². The standard InChI is InChI=1S/C9H18N2OS/c1-6(12)10-8-11-7(5-13-8)9(2,3)4/h7-8,11H,5H2,1-4H3,(H,10,12). The van der Waals surface area contributed by atoms with Crippen LogP contribution >= 0.6 is 11.8 Å². The largest absolute Gasteiger partial charge is 0.332 e. The van der Waals surface area contributed by atoms with Gasteiger partial charge in [0.05, 0.1) is 0 Å². The lowest BCUT2D eigenvalue weighted by atomic mass is 9.88. The van der Waals surface area contributed by atoms with Gasteiger partial charge in [0.1, 0.15) is 5.50 Å². The smallest absolute Gasteiger partial charge is 0.218 e. The fourth-order valence-electron chi connectivity index (χ4n) is 1.24. The van der Waals surface area contributed by atoms with Crippen LogP contribution in [0.5, 0.6) is 0 Å². The van der Waals surface area contributed by atoms with E-state index in [1.54, 1.807) is 18.7 Å². The molecule has 1 aliphatic heterocycles. The third kappa shape index (κ3) is 3.19. The molecular weight excluding hydrogens is 184 g/mol. The van der Waals surface area contributed by atoms with Gasteiger partial charge in [0, 0.05) is 18.7 Å². The third-order valence-corrected chi connectivity index (χ3v) is 3.27. The van der Waals surface area contributed by atoms with Crippen LogP contribution in [0.2, 0.25) is 0 Å². The highest BCUT2D eigenvalue weighted by molar-refractivity contribution is 8.00. The number of amides is 1. The molecule has 0 spiro atoms. The molecule has 1 rings (SSSR count). The molecule has 1 heterocycles. The summed E-state index contributed by atoms with van der Waals surface area (Å²) in [6, 6.07) is 0.481. The van der Waals surface area contributed by atoms with E-state index in [2.05, 4.69) is 31.4 Å². The molecule has 0 aromatic heterocycles. The summed E-state index contributed by atoms with van der Waals surface area (Å²) in [5.74, 6) is 1.09. The van der Waals surface area contributed by atoms with Gasteiger partial charge in [0.15, 0.2) is 0 Å². The second-order valence-electron chi connectivity index (χ2n) is 4.50. The lowest BCUT2D eigenvalue weighted by Crippen LogP contribution is -2.46. The van der Waals surface area contributed by atoms with Gasteiger partial charge < -0.3 is 5.32 Å². The summed E-state index contributed by atoms with van der Waals surface area (Å²) in [5, 5.41) is 6.25. The topological polar surface area (TPSA) is 41.1 Å². The van der Waals surface area contributed by atoms with Gasteiger partial charge in [0.25, 0.3) is 0 Å². The van der Waals surface area contributed by atoms with Crippen LogP contribution in [0.4, 0.5) is 0 Å². The van der Waals surface area contributed by atoms with Gasteiger partial charge in [-0.2, -0.15) is 0 Å². The zero-order chi connectivity index (χ0) is 10.1. The summed E-state index contributed by atoms with van der Waals surface area (Å²) in [4.78, 5) is 10.8. The first kappa shape index (κ1) is 10.9. The van der Waals surface area contributed by atoms with Gasteiger partial charge in [-0.05, 0) is 5.41 Å². The first-order chi connectivity index (χ1) is 5.89. The van der Waals surface area contributed by atoms with Crippen molar-refractivity contribution in [1.82, 2.24) is 10.6 Å². The minimum Gasteiger partial charge on any atom is -0.332 e. The zero-order valence-corrected chi connectivity index (χ0v) is 9.49. The highest BCUT2D eigenvalue weighted by Gasteiger charge is 2.32. The molecule has 0 radical (unpaired) electrons. The van der Waals surface area contributed by atoms with Gasteiger partial charge in [0.2, 0.25) is 5.91 Å². The van der Waals surface area contributed by atoms with Crippen molar-refractivity contribution in [3.05, 3.63) is 0 Å². The quantitative estimate of drug-likeness (QED) is 0.670. The lowest BCUT2D eigenvalue weighted by Gasteiger charge is -2.27. The van der Waals surface area contributed by atoms with Crippen molar-refractivity contribution >= 4 is 17.7 Å². The van der Waals surface area contributed by atoms with Crippen LogP contribution in [0.1, 0.15) is 27.7 Å². The Bertz CT molecular complexity index is 200. The Morgan fingerprint density at radius 1 is 1.54 bits per heavy atom. The predicted octanol–water partition coefficient (Wildman–Crippen LogP) is 1.16. The summed E-state index contributed by atoms with van der Waals surface area (Å²) in [7, 11) is 0. The van der Waals surface area contributed by atoms with Crippen molar-refractivity contribution in [2.75, 3.05) is 5.75 Å². The maximum Gasteiger partial charge on any atom is 0.218 e. The molecule has 0 aliphatic carbocycles. The Balaban J connectivity index is 2.41. The second kappa shape index (κ2) is 3.88. The number of carbonyl (C=O) groups is 1. The monoisotopic (exact) mass is 202 g/mol. The average Bonchev–Trinajstić information content (AvgIpc) is 2.32. The van der Waals surface area contributed by atoms with E-state index >= 15 is 0 Å². The van der Waals surface area contributed by atoms with Crippen molar-refractivity contribution in [3.63, 3.8) is 0 Å². The van der Waals surface area contributed by atoms with Crippen molar-refractivity contribution in [1.29, 1.82) is 0 Å². The van der Waals surface area contributed by atoms with E-state index in [-0.39, 0.29) is 16.8 Å². The average molecular weight is 202 g/mol. The number of hydrogen-bond acceptors (Lipinski definition) is 3. The fraction of sp³-hybridized carbons (Fsp3) is 0.889. The number of hydrogen-bond donors (Lipinski definition) is 2. The van der Waals surface area contributed by atoms with Gasteiger partial charge in [-0.3, -0.25) is 10.1 Å². The van der Waals surface area contributed by atoms with E-state index in [1.165, 1.54) is 0 Å². The highest BCUT2D eigenvalue weighted by atomic mass is 32.2. The molecule has 76 valence electrons. The molecule has 0 aromatic rings. The maximum absolute atomic E-state index is 10.8. The SMILES string of the molecule is CC(=O)NC1NC(C(C)(C)C)CS1. The van der Waals surface area contributed by atoms with E-state index in [1.807, 2.05) is 0 Å². The van der Waals surface area contributed by atoms with Gasteiger partial charge >= 0.3 is 0 Å². The molecule has 0 saturated carbocycles. The van der Waals surface area contributed by atoms with E-state index in [0.29, 0.717) is 6.04 Å². The Labute approximate surface area is 84.0 Å². The molecule has 1 fully saturated rings. The van der Waals surface area contributed by atoms with E-state index < -0.39 is 0 Å². The lowest BCUT2D eigenvalue weighted by molar-refractivity contribution is -0.119. The molecule has 1 amide bonds. The molecule has 13 heavy (non-hydrogen) atoms. The molecule has 4 heteroatoms. The second-order valence-corrected chi connectivity index (χ2v) is 5.64. The van der Waals surface area contributed by atoms with E-state index in [9.17, 15) is 4.79 Å². The van der Waals surface area contributed by atoms with E-state index in [4.69, 9.17) is 0 Å². The summed E-state index contributed by atoms with van der Waals surface area (Å²) in [6.07, 6.45) is 0. The summed E-state index contributed by atoms with van der Waals surface area (Å²) < 4.78 is 0. The number of rotatable bonds is 1. The van der Waals surface area contributed by atoms with Crippen molar-refractivity contribution in [2.24, 2.45) is 5.41 Å². The molecule has 3 nitrogen and oxygen atoms in total. The first-order valence-corrected chi connectivity index (χ1v) is 5.59. The fourth-order valence-corrected chi connectivity index (χ4v) is 2.73. The van der Waals surface area contributed by atoms with Crippen LogP contribution in [0.25, 0.3) is 0 Å². The molecule has 0 bridgehead atoms. The van der Waals surface area contributed by atoms with Crippen LogP contribution in [-0.4, -0.2) is 23.2 Å². The van der Waals surface area contributed by atoms with Crippen molar-refractivity contribution < 1.29 is 4.79 Å². The van der Waals surface area contributed by atoms with Gasteiger partial charge in [-0.1, -0.05) is 20.8 Å². The molecule has 1 saturated heterocycles. The Hall–Kier alpha value is -0.220. The minimum atomic E-state index is 0.0274. The van der Waals surface area contributed by atoms with Gasteiger partial charge in [-0.25, -0.2) is 0 Å². The Morgan fingerprint density at radius 3 is 2.54 bits per heavy atom. The Morgan fingerprint density at radius 2 is 2.15 bits per heavy atom. The maximum atomic E-state index is 10.8. The van der Waals surface area contributed by atoms with E-state index in [0.717, 1.165) is 5.75 Å².